The van der Waals surface area contributed by atoms with Crippen LogP contribution in [-0.2, 0) is 0 Å². The van der Waals surface area contributed by atoms with E-state index in [-0.39, 0.29) is 0 Å². The highest BCUT2D eigenvalue weighted by atomic mass is 15.1. The molecule has 0 aliphatic rings. The topological polar surface area (TPSA) is 43.8 Å². The fourth-order valence-electron chi connectivity index (χ4n) is 1.60. The molecule has 3 nitrogen and oxygen atoms in total. The van der Waals surface area contributed by atoms with Gasteiger partial charge in [0.1, 0.15) is 0 Å². The number of nitrogens with zero attached hydrogens (tertiary/aromatic N) is 2. The summed E-state index contributed by atoms with van der Waals surface area (Å²) in [5, 5.41) is 0. The molecule has 0 radical (unpaired) electrons. The number of anilines is 1. The molecule has 0 amide bonds. The molecule has 72 valence electrons. The summed E-state index contributed by atoms with van der Waals surface area (Å²) >= 11 is 0. The molecule has 2 N–H and O–H groups in total. The van der Waals surface area contributed by atoms with Gasteiger partial charge < -0.3 is 10.3 Å². The molecule has 0 saturated carbocycles. The molecule has 14 heavy (non-hydrogen) atoms. The number of hydrogen-bond acceptors (Lipinski definition) is 2. The molecule has 0 saturated heterocycles. The monoisotopic (exact) mass is 187 g/mol. The molecule has 2 aromatic heterocycles. The second-order valence-electron chi connectivity index (χ2n) is 3.37. The molecular weight excluding hydrogens is 174 g/mol. The Hall–Kier alpha value is -1.77. The van der Waals surface area contributed by atoms with Gasteiger partial charge in [0.15, 0.2) is 5.82 Å². The summed E-state index contributed by atoms with van der Waals surface area (Å²) in [6, 6.07) is 7.82. The molecule has 3 heteroatoms. The maximum Gasteiger partial charge on any atom is 0.160 e. The van der Waals surface area contributed by atoms with Crippen molar-refractivity contribution in [3.63, 3.8) is 0 Å². The minimum Gasteiger partial charge on any atom is -0.396 e. The van der Waals surface area contributed by atoms with Crippen LogP contribution in [-0.4, -0.2) is 9.55 Å². The zero-order chi connectivity index (χ0) is 10.1. The quantitative estimate of drug-likeness (QED) is 0.742. The normalized spacial score (nSPS) is 10.4. The van der Waals surface area contributed by atoms with E-state index in [1.807, 2.05) is 26.0 Å². The fraction of sp³-hybridized carbons (Fsp3) is 0.182. The highest BCUT2D eigenvalue weighted by Gasteiger charge is 2.06. The van der Waals surface area contributed by atoms with Gasteiger partial charge in [0.25, 0.3) is 0 Å². The third-order valence-corrected chi connectivity index (χ3v) is 2.30. The van der Waals surface area contributed by atoms with Gasteiger partial charge in [-0.25, -0.2) is 4.98 Å². The predicted octanol–water partition coefficient (Wildman–Crippen LogP) is 2.07. The van der Waals surface area contributed by atoms with Crippen LogP contribution >= 0.6 is 0 Å². The van der Waals surface area contributed by atoms with E-state index in [0.29, 0.717) is 5.69 Å². The van der Waals surface area contributed by atoms with Crippen LogP contribution < -0.4 is 5.73 Å². The standard InChI is InChI=1S/C11H13N3/c1-8-5-6-9(2)14(8)11-10(12)4-3-7-13-11/h3-7H,12H2,1-2H3. The molecule has 0 aliphatic carbocycles. The third-order valence-electron chi connectivity index (χ3n) is 2.30. The van der Waals surface area contributed by atoms with Crippen molar-refractivity contribution in [1.29, 1.82) is 0 Å². The molecule has 0 fully saturated rings. The lowest BCUT2D eigenvalue weighted by Crippen LogP contribution is -2.04. The molecule has 0 aliphatic heterocycles. The van der Waals surface area contributed by atoms with E-state index < -0.39 is 0 Å². The highest BCUT2D eigenvalue weighted by molar-refractivity contribution is 5.54. The van der Waals surface area contributed by atoms with Gasteiger partial charge in [0.05, 0.1) is 5.69 Å². The summed E-state index contributed by atoms with van der Waals surface area (Å²) < 4.78 is 2.05. The first-order valence-corrected chi connectivity index (χ1v) is 4.56. The molecule has 0 atom stereocenters. The summed E-state index contributed by atoms with van der Waals surface area (Å²) in [6.45, 7) is 4.09. The first-order valence-electron chi connectivity index (χ1n) is 4.56. The fourth-order valence-corrected chi connectivity index (χ4v) is 1.60. The van der Waals surface area contributed by atoms with Gasteiger partial charge in [-0.1, -0.05) is 0 Å². The Bertz CT molecular complexity index is 438. The van der Waals surface area contributed by atoms with Crippen LogP contribution in [0.4, 0.5) is 5.69 Å². The molecule has 2 rings (SSSR count). The molecule has 0 unspecified atom stereocenters. The zero-order valence-electron chi connectivity index (χ0n) is 8.36. The SMILES string of the molecule is Cc1ccc(C)n1-c1ncccc1N. The van der Waals surface area contributed by atoms with E-state index in [4.69, 9.17) is 5.73 Å². The minimum atomic E-state index is 0.704. The molecule has 0 spiro atoms. The van der Waals surface area contributed by atoms with Gasteiger partial charge in [-0.2, -0.15) is 0 Å². The van der Waals surface area contributed by atoms with Gasteiger partial charge in [0.2, 0.25) is 0 Å². The number of nitrogen functional groups attached to an aromatic ring is 1. The Morgan fingerprint density at radius 1 is 1.14 bits per heavy atom. The second-order valence-corrected chi connectivity index (χ2v) is 3.37. The van der Waals surface area contributed by atoms with E-state index >= 15 is 0 Å². The van der Waals surface area contributed by atoms with Crippen LogP contribution in [0, 0.1) is 13.8 Å². The number of aromatic nitrogens is 2. The molecule has 2 aromatic rings. The van der Waals surface area contributed by atoms with Crippen molar-refractivity contribution in [1.82, 2.24) is 9.55 Å². The Balaban J connectivity index is 2.66. The molecule has 2 heterocycles. The Kier molecular flexibility index (Phi) is 2.00. The third kappa shape index (κ3) is 1.27. The van der Waals surface area contributed by atoms with Gasteiger partial charge in [-0.15, -0.1) is 0 Å². The van der Waals surface area contributed by atoms with E-state index in [2.05, 4.69) is 21.7 Å². The van der Waals surface area contributed by atoms with E-state index in [0.717, 1.165) is 17.2 Å². The summed E-state index contributed by atoms with van der Waals surface area (Å²) in [5.41, 5.74) is 8.86. The number of pyridine rings is 1. The maximum atomic E-state index is 5.87. The molecule has 0 bridgehead atoms. The Morgan fingerprint density at radius 3 is 2.36 bits per heavy atom. The first kappa shape index (κ1) is 8.81. The zero-order valence-corrected chi connectivity index (χ0v) is 8.36. The summed E-state index contributed by atoms with van der Waals surface area (Å²) in [4.78, 5) is 4.28. The van der Waals surface area contributed by atoms with Gasteiger partial charge in [-0.3, -0.25) is 0 Å². The number of rotatable bonds is 1. The largest absolute Gasteiger partial charge is 0.396 e. The predicted molar refractivity (Wildman–Crippen MR) is 57.5 cm³/mol. The van der Waals surface area contributed by atoms with Crippen molar-refractivity contribution in [2.75, 3.05) is 5.73 Å². The number of hydrogen-bond donors (Lipinski definition) is 1. The minimum absolute atomic E-state index is 0.704. The average molecular weight is 187 g/mol. The van der Waals surface area contributed by atoms with Crippen molar-refractivity contribution in [2.45, 2.75) is 13.8 Å². The second kappa shape index (κ2) is 3.18. The summed E-state index contributed by atoms with van der Waals surface area (Å²) in [7, 11) is 0. The molecule has 0 aromatic carbocycles. The van der Waals surface area contributed by atoms with Gasteiger partial charge >= 0.3 is 0 Å². The number of aryl methyl sites for hydroxylation is 2. The summed E-state index contributed by atoms with van der Waals surface area (Å²) in [5.74, 6) is 0.813. The lowest BCUT2D eigenvalue weighted by Gasteiger charge is -2.09. The van der Waals surface area contributed by atoms with Crippen LogP contribution in [0.2, 0.25) is 0 Å². The van der Waals surface area contributed by atoms with Crippen molar-refractivity contribution >= 4 is 5.69 Å². The Morgan fingerprint density at radius 2 is 1.79 bits per heavy atom. The van der Waals surface area contributed by atoms with Crippen LogP contribution in [0.1, 0.15) is 11.4 Å². The van der Waals surface area contributed by atoms with Crippen LogP contribution in [0.15, 0.2) is 30.5 Å². The van der Waals surface area contributed by atoms with Gasteiger partial charge in [0, 0.05) is 17.6 Å². The van der Waals surface area contributed by atoms with Crippen molar-refractivity contribution < 1.29 is 0 Å². The van der Waals surface area contributed by atoms with E-state index in [1.165, 1.54) is 0 Å². The van der Waals surface area contributed by atoms with Crippen LogP contribution in [0.3, 0.4) is 0 Å². The lowest BCUT2D eigenvalue weighted by atomic mass is 10.3. The van der Waals surface area contributed by atoms with Gasteiger partial charge in [-0.05, 0) is 38.1 Å². The van der Waals surface area contributed by atoms with Crippen molar-refractivity contribution in [3.8, 4) is 5.82 Å². The van der Waals surface area contributed by atoms with E-state index in [1.54, 1.807) is 6.20 Å². The van der Waals surface area contributed by atoms with Crippen molar-refractivity contribution in [3.05, 3.63) is 41.9 Å². The average Bonchev–Trinajstić information content (AvgIpc) is 2.48. The lowest BCUT2D eigenvalue weighted by molar-refractivity contribution is 0.926. The van der Waals surface area contributed by atoms with Crippen LogP contribution in [0.5, 0.6) is 0 Å². The smallest absolute Gasteiger partial charge is 0.160 e. The van der Waals surface area contributed by atoms with Crippen LogP contribution in [0.25, 0.3) is 5.82 Å². The molecular formula is C11H13N3. The van der Waals surface area contributed by atoms with E-state index in [9.17, 15) is 0 Å². The Labute approximate surface area is 83.2 Å². The highest BCUT2D eigenvalue weighted by Crippen LogP contribution is 2.18. The summed E-state index contributed by atoms with van der Waals surface area (Å²) in [6.07, 6.45) is 1.75. The maximum absolute atomic E-state index is 5.87. The first-order chi connectivity index (χ1) is 6.70. The number of nitrogens with two attached hydrogens (primary N) is 1. The van der Waals surface area contributed by atoms with Crippen molar-refractivity contribution in [2.24, 2.45) is 0 Å².